The van der Waals surface area contributed by atoms with Crippen molar-refractivity contribution < 1.29 is 43.2 Å². The normalized spacial score (nSPS) is 14.3. The van der Waals surface area contributed by atoms with Crippen molar-refractivity contribution in [3.05, 3.63) is 79.9 Å². The number of non-ortho nitro benzene ring substituents is 2. The highest BCUT2D eigenvalue weighted by Crippen LogP contribution is 2.16. The Morgan fingerprint density at radius 1 is 0.851 bits per heavy atom. The summed E-state index contributed by atoms with van der Waals surface area (Å²) >= 11 is 0. The number of rotatable bonds is 8. The van der Waals surface area contributed by atoms with Gasteiger partial charge in [-0.05, 0) is 63.1 Å². The highest BCUT2D eigenvalue weighted by Gasteiger charge is 2.32. The third-order valence-electron chi connectivity index (χ3n) is 6.45. The number of nitrogens with zero attached hydrogens (tertiary/aromatic N) is 5. The summed E-state index contributed by atoms with van der Waals surface area (Å²) in [4.78, 5) is 78.2. The summed E-state index contributed by atoms with van der Waals surface area (Å²) in [5.41, 5.74) is -0.0860. The van der Waals surface area contributed by atoms with E-state index in [4.69, 9.17) is 14.2 Å². The van der Waals surface area contributed by atoms with Gasteiger partial charge in [-0.25, -0.2) is 19.4 Å². The van der Waals surface area contributed by atoms with Crippen LogP contribution in [0.1, 0.15) is 38.8 Å². The van der Waals surface area contributed by atoms with Crippen molar-refractivity contribution >= 4 is 41.5 Å². The summed E-state index contributed by atoms with van der Waals surface area (Å²) in [6.45, 7) is 6.59. The maximum atomic E-state index is 13.1. The Hall–Kier alpha value is -5.81. The second kappa shape index (κ2) is 16.0. The van der Waals surface area contributed by atoms with E-state index in [0.29, 0.717) is 11.1 Å². The molecule has 1 aliphatic heterocycles. The fraction of sp³-hybridized carbons (Fsp3) is 0.414. The van der Waals surface area contributed by atoms with Crippen LogP contribution in [-0.4, -0.2) is 87.6 Å². The molecular formula is C29H35N7O11. The first-order valence-corrected chi connectivity index (χ1v) is 14.3. The third-order valence-corrected chi connectivity index (χ3v) is 6.45. The second-order valence-corrected chi connectivity index (χ2v) is 11.3. The van der Waals surface area contributed by atoms with Crippen LogP contribution in [0.25, 0.3) is 0 Å². The lowest BCUT2D eigenvalue weighted by Gasteiger charge is -2.40. The van der Waals surface area contributed by atoms with Crippen molar-refractivity contribution in [1.82, 2.24) is 20.4 Å². The number of ether oxygens (including phenoxy) is 3. The molecule has 47 heavy (non-hydrogen) atoms. The molecule has 2 aromatic carbocycles. The number of amides is 4. The number of guanidine groups is 1. The molecule has 1 unspecified atom stereocenters. The highest BCUT2D eigenvalue weighted by atomic mass is 16.6. The molecule has 2 aromatic rings. The Bertz CT molecular complexity index is 1430. The SMILES string of the molecule is CC1CN(C(=O)OC(C)(C)C)CCN1C(=O)CN=C(NC(=O)OCc1ccc([N+](=O)[O-])cc1)NC(=O)OCc1ccc([N+](=O)[O-])cc1. The van der Waals surface area contributed by atoms with Gasteiger partial charge >= 0.3 is 18.3 Å². The van der Waals surface area contributed by atoms with E-state index in [2.05, 4.69) is 15.6 Å². The average molecular weight is 658 g/mol. The molecule has 1 aliphatic rings. The minimum absolute atomic E-state index is 0.144. The van der Waals surface area contributed by atoms with Crippen LogP contribution >= 0.6 is 0 Å². The van der Waals surface area contributed by atoms with Crippen LogP contribution in [0, 0.1) is 20.2 Å². The van der Waals surface area contributed by atoms with Crippen LogP contribution < -0.4 is 10.6 Å². The van der Waals surface area contributed by atoms with Crippen molar-refractivity contribution in [2.24, 2.45) is 4.99 Å². The van der Waals surface area contributed by atoms with E-state index in [1.165, 1.54) is 58.3 Å². The van der Waals surface area contributed by atoms with Crippen LogP contribution in [0.15, 0.2) is 53.5 Å². The zero-order chi connectivity index (χ0) is 34.7. The number of hydrogen-bond acceptors (Lipinski definition) is 12. The predicted molar refractivity (Wildman–Crippen MR) is 164 cm³/mol. The van der Waals surface area contributed by atoms with Crippen LogP contribution in [0.5, 0.6) is 0 Å². The van der Waals surface area contributed by atoms with E-state index < -0.39 is 52.1 Å². The molecule has 18 heteroatoms. The molecule has 2 N–H and O–H groups in total. The molecule has 1 atom stereocenters. The lowest BCUT2D eigenvalue weighted by Crippen LogP contribution is -2.56. The molecule has 0 aliphatic carbocycles. The van der Waals surface area contributed by atoms with Gasteiger partial charge in [0.25, 0.3) is 11.4 Å². The number of piperazine rings is 1. The number of benzene rings is 2. The number of nitro groups is 2. The van der Waals surface area contributed by atoms with Crippen LogP contribution in [0.4, 0.5) is 25.8 Å². The zero-order valence-corrected chi connectivity index (χ0v) is 26.2. The molecule has 1 saturated heterocycles. The Labute approximate surface area is 268 Å². The van der Waals surface area contributed by atoms with Gasteiger partial charge in [-0.2, -0.15) is 0 Å². The van der Waals surface area contributed by atoms with Crippen LogP contribution in [-0.2, 0) is 32.2 Å². The summed E-state index contributed by atoms with van der Waals surface area (Å²) in [6, 6.07) is 10.2. The molecule has 3 rings (SSSR count). The molecular weight excluding hydrogens is 622 g/mol. The Morgan fingerprint density at radius 2 is 1.32 bits per heavy atom. The zero-order valence-electron chi connectivity index (χ0n) is 26.2. The smallest absolute Gasteiger partial charge is 0.414 e. The summed E-state index contributed by atoms with van der Waals surface area (Å²) < 4.78 is 15.6. The summed E-state index contributed by atoms with van der Waals surface area (Å²) in [5.74, 6) is -0.929. The van der Waals surface area contributed by atoms with Gasteiger partial charge in [0.15, 0.2) is 0 Å². The first-order chi connectivity index (χ1) is 22.1. The van der Waals surface area contributed by atoms with E-state index in [1.54, 1.807) is 27.7 Å². The lowest BCUT2D eigenvalue weighted by atomic mass is 10.2. The first-order valence-electron chi connectivity index (χ1n) is 14.3. The van der Waals surface area contributed by atoms with Crippen LogP contribution in [0.3, 0.4) is 0 Å². The lowest BCUT2D eigenvalue weighted by molar-refractivity contribution is -0.385. The predicted octanol–water partition coefficient (Wildman–Crippen LogP) is 3.48. The van der Waals surface area contributed by atoms with E-state index >= 15 is 0 Å². The summed E-state index contributed by atoms with van der Waals surface area (Å²) in [5, 5.41) is 26.2. The van der Waals surface area contributed by atoms with E-state index in [0.717, 1.165) is 0 Å². The monoisotopic (exact) mass is 657 g/mol. The molecule has 0 bridgehead atoms. The fourth-order valence-corrected chi connectivity index (χ4v) is 4.16. The Morgan fingerprint density at radius 3 is 1.72 bits per heavy atom. The number of hydrogen-bond donors (Lipinski definition) is 2. The molecule has 0 saturated carbocycles. The van der Waals surface area contributed by atoms with Gasteiger partial charge in [-0.1, -0.05) is 0 Å². The molecule has 1 fully saturated rings. The fourth-order valence-electron chi connectivity index (χ4n) is 4.16. The van der Waals surface area contributed by atoms with Gasteiger partial charge < -0.3 is 24.0 Å². The quantitative estimate of drug-likeness (QED) is 0.137. The summed E-state index contributed by atoms with van der Waals surface area (Å²) in [7, 11) is 0. The maximum Gasteiger partial charge on any atom is 0.414 e. The molecule has 0 spiro atoms. The van der Waals surface area contributed by atoms with Crippen molar-refractivity contribution in [2.45, 2.75) is 52.6 Å². The number of carbonyl (C=O) groups excluding carboxylic acids is 4. The van der Waals surface area contributed by atoms with E-state index in [9.17, 15) is 39.4 Å². The number of aliphatic imine (C=N–C) groups is 1. The van der Waals surface area contributed by atoms with E-state index in [1.807, 2.05) is 0 Å². The topological polar surface area (TPSA) is 225 Å². The van der Waals surface area contributed by atoms with Crippen LogP contribution in [0.2, 0.25) is 0 Å². The number of carbonyl (C=O) groups is 4. The second-order valence-electron chi connectivity index (χ2n) is 11.3. The summed E-state index contributed by atoms with van der Waals surface area (Å²) in [6.07, 6.45) is -2.63. The molecule has 4 amide bonds. The molecule has 18 nitrogen and oxygen atoms in total. The highest BCUT2D eigenvalue weighted by molar-refractivity contribution is 6.02. The largest absolute Gasteiger partial charge is 0.444 e. The Kier molecular flexibility index (Phi) is 12.1. The van der Waals surface area contributed by atoms with Crippen molar-refractivity contribution in [2.75, 3.05) is 26.2 Å². The van der Waals surface area contributed by atoms with Crippen molar-refractivity contribution in [3.8, 4) is 0 Å². The van der Waals surface area contributed by atoms with Crippen molar-refractivity contribution in [3.63, 3.8) is 0 Å². The minimum atomic E-state index is -1.07. The number of nitro benzene ring substituents is 2. The van der Waals surface area contributed by atoms with Gasteiger partial charge in [0.2, 0.25) is 11.9 Å². The van der Waals surface area contributed by atoms with Gasteiger partial charge in [0.05, 0.1) is 9.85 Å². The number of nitrogens with one attached hydrogen (secondary N) is 2. The first kappa shape index (κ1) is 35.7. The standard InChI is InChI=1S/C29H35N7O11/c1-19-16-33(28(40)47-29(2,3)4)13-14-34(19)24(37)15-30-25(31-26(38)45-17-20-5-9-22(10-6-20)35(41)42)32-27(39)46-18-21-7-11-23(12-8-21)36(43)44/h5-12,19H,13-18H2,1-4H3,(H2,30,31,32,38,39). The van der Waals surface area contributed by atoms with Gasteiger partial charge in [-0.3, -0.25) is 35.7 Å². The number of alkyl carbamates (subject to hydrolysis) is 2. The van der Waals surface area contributed by atoms with Gasteiger partial charge in [-0.15, -0.1) is 0 Å². The molecule has 252 valence electrons. The van der Waals surface area contributed by atoms with E-state index in [-0.39, 0.29) is 50.3 Å². The average Bonchev–Trinajstić information content (AvgIpc) is 3.01. The van der Waals surface area contributed by atoms with Crippen molar-refractivity contribution in [1.29, 1.82) is 0 Å². The van der Waals surface area contributed by atoms with Gasteiger partial charge in [0, 0.05) is 49.9 Å². The molecule has 0 radical (unpaired) electrons. The molecule has 0 aromatic heterocycles. The Balaban J connectivity index is 1.63. The van der Waals surface area contributed by atoms with Gasteiger partial charge in [0.1, 0.15) is 25.4 Å². The maximum absolute atomic E-state index is 13.1. The third kappa shape index (κ3) is 11.6. The molecule has 1 heterocycles. The minimum Gasteiger partial charge on any atom is -0.444 e.